The Morgan fingerprint density at radius 1 is 1.06 bits per heavy atom. The van der Waals surface area contributed by atoms with Gasteiger partial charge in [0.05, 0.1) is 24.6 Å². The number of alkyl halides is 4. The van der Waals surface area contributed by atoms with E-state index in [0.29, 0.717) is 5.56 Å². The molecule has 2 unspecified atom stereocenters. The molecule has 2 heterocycles. The van der Waals surface area contributed by atoms with Gasteiger partial charge in [0.2, 0.25) is 11.7 Å². The lowest BCUT2D eigenvalue weighted by molar-refractivity contribution is -0.137. The van der Waals surface area contributed by atoms with E-state index in [2.05, 4.69) is 15.3 Å². The van der Waals surface area contributed by atoms with Crippen LogP contribution in [-0.4, -0.2) is 28.6 Å². The number of nitrogens with one attached hydrogen (secondary N) is 1. The molecular formula is C24H22F5N5O. The first kappa shape index (κ1) is 24.4. The molecule has 0 aliphatic carbocycles. The molecule has 0 radical (unpaired) electrons. The van der Waals surface area contributed by atoms with Crippen molar-refractivity contribution in [1.82, 2.24) is 9.97 Å². The van der Waals surface area contributed by atoms with E-state index in [4.69, 9.17) is 5.73 Å². The van der Waals surface area contributed by atoms with Crippen LogP contribution in [0.1, 0.15) is 34.7 Å². The number of anilines is 2. The molecule has 4 rings (SSSR count). The zero-order valence-electron chi connectivity index (χ0n) is 18.4. The summed E-state index contributed by atoms with van der Waals surface area (Å²) in [5.41, 5.74) is 6.34. The highest BCUT2D eigenvalue weighted by molar-refractivity contribution is 5.76. The molecule has 2 atom stereocenters. The highest BCUT2D eigenvalue weighted by Crippen LogP contribution is 2.39. The lowest BCUT2D eigenvalue weighted by Crippen LogP contribution is -2.26. The second-order valence-electron chi connectivity index (χ2n) is 8.29. The van der Waals surface area contributed by atoms with Crippen LogP contribution in [0, 0.1) is 5.82 Å². The molecule has 35 heavy (non-hydrogen) atoms. The van der Waals surface area contributed by atoms with Gasteiger partial charge in [-0.15, -0.1) is 0 Å². The molecule has 2 aromatic carbocycles. The predicted octanol–water partition coefficient (Wildman–Crippen LogP) is 4.56. The van der Waals surface area contributed by atoms with E-state index in [-0.39, 0.29) is 37.6 Å². The molecule has 0 bridgehead atoms. The number of nitrogens with two attached hydrogens (primary N) is 1. The Morgan fingerprint density at radius 3 is 2.34 bits per heavy atom. The molecule has 0 spiro atoms. The highest BCUT2D eigenvalue weighted by atomic mass is 19.4. The molecule has 1 saturated heterocycles. The first-order chi connectivity index (χ1) is 16.6. The van der Waals surface area contributed by atoms with Gasteiger partial charge in [0.1, 0.15) is 12.5 Å². The summed E-state index contributed by atoms with van der Waals surface area (Å²) < 4.78 is 68.4. The van der Waals surface area contributed by atoms with Crippen molar-refractivity contribution >= 4 is 17.5 Å². The average molecular weight is 491 g/mol. The fraction of sp³-hybridized carbons (Fsp3) is 0.292. The third kappa shape index (κ3) is 5.67. The quantitative estimate of drug-likeness (QED) is 0.474. The van der Waals surface area contributed by atoms with Gasteiger partial charge in [0.25, 0.3) is 0 Å². The minimum Gasteiger partial charge on any atom is -0.369 e. The fourth-order valence-corrected chi connectivity index (χ4v) is 4.08. The lowest BCUT2D eigenvalue weighted by Gasteiger charge is -2.26. The zero-order valence-corrected chi connectivity index (χ0v) is 18.4. The number of carbonyl (C=O) groups is 1. The smallest absolute Gasteiger partial charge is 0.369 e. The first-order valence-corrected chi connectivity index (χ1v) is 10.8. The fourth-order valence-electron chi connectivity index (χ4n) is 4.08. The third-order valence-electron chi connectivity index (χ3n) is 5.78. The van der Waals surface area contributed by atoms with Gasteiger partial charge in [-0.05, 0) is 28.8 Å². The van der Waals surface area contributed by atoms with E-state index in [1.165, 1.54) is 17.0 Å². The second-order valence-corrected chi connectivity index (χ2v) is 8.29. The summed E-state index contributed by atoms with van der Waals surface area (Å²) in [6, 6.07) is 10.7. The van der Waals surface area contributed by atoms with Crippen molar-refractivity contribution in [3.8, 4) is 0 Å². The van der Waals surface area contributed by atoms with Crippen LogP contribution in [-0.2, 0) is 23.9 Å². The summed E-state index contributed by atoms with van der Waals surface area (Å²) in [6.07, 6.45) is -4.53. The average Bonchev–Trinajstić information content (AvgIpc) is 3.20. The van der Waals surface area contributed by atoms with Gasteiger partial charge in [-0.1, -0.05) is 36.4 Å². The van der Waals surface area contributed by atoms with Gasteiger partial charge in [0.15, 0.2) is 11.6 Å². The Morgan fingerprint density at radius 2 is 1.71 bits per heavy atom. The van der Waals surface area contributed by atoms with Crippen LogP contribution in [0.2, 0.25) is 0 Å². The molecule has 1 aliphatic heterocycles. The summed E-state index contributed by atoms with van der Waals surface area (Å²) in [5, 5.41) is 2.88. The molecule has 3 aromatic rings. The van der Waals surface area contributed by atoms with E-state index in [0.717, 1.165) is 29.6 Å². The van der Waals surface area contributed by atoms with Crippen molar-refractivity contribution < 1.29 is 26.7 Å². The van der Waals surface area contributed by atoms with Crippen molar-refractivity contribution in [3.63, 3.8) is 0 Å². The van der Waals surface area contributed by atoms with E-state index in [1.54, 1.807) is 24.3 Å². The van der Waals surface area contributed by atoms with Crippen molar-refractivity contribution in [2.45, 2.75) is 37.8 Å². The molecule has 11 heteroatoms. The predicted molar refractivity (Wildman–Crippen MR) is 120 cm³/mol. The molecule has 3 N–H and O–H groups in total. The van der Waals surface area contributed by atoms with E-state index < -0.39 is 35.7 Å². The van der Waals surface area contributed by atoms with E-state index in [9.17, 15) is 22.4 Å². The molecule has 1 fully saturated rings. The number of amides is 1. The number of halogens is 5. The van der Waals surface area contributed by atoms with Crippen molar-refractivity contribution in [2.24, 2.45) is 5.73 Å². The van der Waals surface area contributed by atoms with Crippen LogP contribution in [0.25, 0.3) is 0 Å². The number of nitrogens with zero attached hydrogens (tertiary/aromatic N) is 3. The Labute approximate surface area is 198 Å². The number of primary amides is 1. The van der Waals surface area contributed by atoms with E-state index >= 15 is 4.39 Å². The number of aromatic nitrogens is 2. The molecule has 184 valence electrons. The first-order valence-electron chi connectivity index (χ1n) is 10.8. The molecule has 6 nitrogen and oxygen atoms in total. The van der Waals surface area contributed by atoms with Crippen molar-refractivity contribution in [2.75, 3.05) is 16.8 Å². The molecule has 1 aliphatic rings. The van der Waals surface area contributed by atoms with Gasteiger partial charge < -0.3 is 16.0 Å². The standard InChI is InChI=1S/C24H22F5N5O/c25-18-10-19(16-5-7-17(8-6-16)24(27,28)29)34(12-18)23-21(26)22(32-13-33-23)31-11-15-3-1-14(2-4-15)9-20(30)35/h1-8,13,18-19H,9-12H2,(H2,30,35)(H,31,32,33). The summed E-state index contributed by atoms with van der Waals surface area (Å²) in [5.74, 6) is -1.46. The molecule has 0 saturated carbocycles. The molecule has 1 amide bonds. The van der Waals surface area contributed by atoms with Gasteiger partial charge in [-0.25, -0.2) is 14.4 Å². The van der Waals surface area contributed by atoms with Crippen molar-refractivity contribution in [1.29, 1.82) is 0 Å². The summed E-state index contributed by atoms with van der Waals surface area (Å²) in [7, 11) is 0. The van der Waals surface area contributed by atoms with Gasteiger partial charge in [0, 0.05) is 13.0 Å². The van der Waals surface area contributed by atoms with Crippen LogP contribution in [0.5, 0.6) is 0 Å². The van der Waals surface area contributed by atoms with Crippen LogP contribution >= 0.6 is 0 Å². The van der Waals surface area contributed by atoms with Gasteiger partial charge in [-0.2, -0.15) is 17.6 Å². The number of hydrogen-bond donors (Lipinski definition) is 2. The number of carbonyl (C=O) groups excluding carboxylic acids is 1. The Hall–Kier alpha value is -3.76. The lowest BCUT2D eigenvalue weighted by atomic mass is 10.0. The summed E-state index contributed by atoms with van der Waals surface area (Å²) in [4.78, 5) is 20.3. The normalized spacial score (nSPS) is 18.0. The van der Waals surface area contributed by atoms with Crippen LogP contribution in [0.4, 0.5) is 33.6 Å². The Bertz CT molecular complexity index is 1180. The zero-order chi connectivity index (χ0) is 25.2. The Balaban J connectivity index is 1.52. The minimum atomic E-state index is -4.49. The van der Waals surface area contributed by atoms with Crippen LogP contribution < -0.4 is 16.0 Å². The summed E-state index contributed by atoms with van der Waals surface area (Å²) >= 11 is 0. The second kappa shape index (κ2) is 9.85. The number of rotatable bonds is 7. The van der Waals surface area contributed by atoms with Gasteiger partial charge >= 0.3 is 6.18 Å². The SMILES string of the molecule is NC(=O)Cc1ccc(CNc2ncnc(N3CC(F)CC3c3ccc(C(F)(F)F)cc3)c2F)cc1. The van der Waals surface area contributed by atoms with E-state index in [1.807, 2.05) is 0 Å². The monoisotopic (exact) mass is 491 g/mol. The number of benzene rings is 2. The number of hydrogen-bond acceptors (Lipinski definition) is 5. The molecular weight excluding hydrogens is 469 g/mol. The van der Waals surface area contributed by atoms with Crippen molar-refractivity contribution in [3.05, 3.63) is 82.9 Å². The summed E-state index contributed by atoms with van der Waals surface area (Å²) in [6.45, 7) is 0.0681. The maximum absolute atomic E-state index is 15.3. The topological polar surface area (TPSA) is 84.1 Å². The minimum absolute atomic E-state index is 0.00474. The maximum Gasteiger partial charge on any atom is 0.416 e. The Kier molecular flexibility index (Phi) is 6.86. The molecule has 1 aromatic heterocycles. The third-order valence-corrected chi connectivity index (χ3v) is 5.78. The maximum atomic E-state index is 15.3. The largest absolute Gasteiger partial charge is 0.416 e. The highest BCUT2D eigenvalue weighted by Gasteiger charge is 2.37. The van der Waals surface area contributed by atoms with Gasteiger partial charge in [-0.3, -0.25) is 4.79 Å². The van der Waals surface area contributed by atoms with Crippen LogP contribution in [0.15, 0.2) is 54.9 Å². The van der Waals surface area contributed by atoms with Crippen LogP contribution in [0.3, 0.4) is 0 Å².